The van der Waals surface area contributed by atoms with Gasteiger partial charge in [-0.15, -0.1) is 0 Å². The zero-order valence-electron chi connectivity index (χ0n) is 9.88. The molecule has 2 N–H and O–H groups in total. The third-order valence-corrected chi connectivity index (χ3v) is 2.87. The van der Waals surface area contributed by atoms with Crippen molar-refractivity contribution in [1.29, 1.82) is 0 Å². The minimum Gasteiger partial charge on any atom is -0.495 e. The molecule has 0 saturated carbocycles. The lowest BCUT2D eigenvalue weighted by atomic mass is 10.1. The van der Waals surface area contributed by atoms with Gasteiger partial charge >= 0.3 is 0 Å². The predicted octanol–water partition coefficient (Wildman–Crippen LogP) is 3.03. The number of benzene rings is 1. The van der Waals surface area contributed by atoms with Gasteiger partial charge in [0.1, 0.15) is 5.75 Å². The fourth-order valence-electron chi connectivity index (χ4n) is 1.28. The van der Waals surface area contributed by atoms with Crippen LogP contribution in [0.25, 0.3) is 0 Å². The first-order chi connectivity index (χ1) is 7.42. The van der Waals surface area contributed by atoms with Crippen LogP contribution >= 0.6 is 15.9 Å². The molecule has 0 aliphatic carbocycles. The summed E-state index contributed by atoms with van der Waals surface area (Å²) in [7, 11) is 1.64. The summed E-state index contributed by atoms with van der Waals surface area (Å²) in [5, 5.41) is 12.8. The molecule has 4 heteroatoms. The monoisotopic (exact) mass is 287 g/mol. The Balaban J connectivity index is 2.55. The van der Waals surface area contributed by atoms with Gasteiger partial charge in [0.25, 0.3) is 0 Å². The van der Waals surface area contributed by atoms with E-state index in [9.17, 15) is 5.11 Å². The molecule has 0 fully saturated rings. The van der Waals surface area contributed by atoms with E-state index in [1.54, 1.807) is 21.0 Å². The molecule has 0 aliphatic rings. The molecule has 0 atom stereocenters. The van der Waals surface area contributed by atoms with Crippen molar-refractivity contribution >= 4 is 21.6 Å². The Kier molecular flexibility index (Phi) is 4.62. The van der Waals surface area contributed by atoms with E-state index in [0.717, 1.165) is 22.5 Å². The molecule has 0 aliphatic heterocycles. The smallest absolute Gasteiger partial charge is 0.135 e. The van der Waals surface area contributed by atoms with Crippen molar-refractivity contribution in [2.24, 2.45) is 0 Å². The second kappa shape index (κ2) is 5.55. The highest BCUT2D eigenvalue weighted by molar-refractivity contribution is 9.10. The number of halogens is 1. The van der Waals surface area contributed by atoms with Crippen molar-refractivity contribution < 1.29 is 9.84 Å². The molecule has 0 spiro atoms. The van der Waals surface area contributed by atoms with Gasteiger partial charge in [0, 0.05) is 18.3 Å². The molecule has 1 rings (SSSR count). The van der Waals surface area contributed by atoms with Gasteiger partial charge in [-0.05, 0) is 48.3 Å². The van der Waals surface area contributed by atoms with Crippen LogP contribution in [-0.4, -0.2) is 24.4 Å². The number of nitrogens with one attached hydrogen (secondary N) is 1. The van der Waals surface area contributed by atoms with Gasteiger partial charge in [-0.3, -0.25) is 0 Å². The normalized spacial score (nSPS) is 11.3. The van der Waals surface area contributed by atoms with Crippen LogP contribution in [0.5, 0.6) is 5.75 Å². The third kappa shape index (κ3) is 4.41. The van der Waals surface area contributed by atoms with E-state index in [1.807, 2.05) is 18.2 Å². The molecule has 0 unspecified atom stereocenters. The molecule has 90 valence electrons. The number of methoxy groups -OCH3 is 1. The molecule has 1 aromatic rings. The number of hydrogen-bond acceptors (Lipinski definition) is 3. The fraction of sp³-hybridized carbons (Fsp3) is 0.500. The lowest BCUT2D eigenvalue weighted by Crippen LogP contribution is -2.22. The number of hydrogen-bond donors (Lipinski definition) is 2. The van der Waals surface area contributed by atoms with Crippen LogP contribution in [0, 0.1) is 0 Å². The lowest BCUT2D eigenvalue weighted by molar-refractivity contribution is 0.0749. The van der Waals surface area contributed by atoms with Gasteiger partial charge in [-0.2, -0.15) is 0 Å². The Hall–Kier alpha value is -0.740. The number of rotatable bonds is 5. The van der Waals surface area contributed by atoms with Crippen molar-refractivity contribution in [3.05, 3.63) is 22.7 Å². The van der Waals surface area contributed by atoms with E-state index in [1.165, 1.54) is 0 Å². The Bertz CT molecular complexity index is 347. The molecule has 0 heterocycles. The molecule has 0 saturated heterocycles. The topological polar surface area (TPSA) is 41.5 Å². The summed E-state index contributed by atoms with van der Waals surface area (Å²) in [4.78, 5) is 0. The van der Waals surface area contributed by atoms with Crippen LogP contribution in [0.2, 0.25) is 0 Å². The summed E-state index contributed by atoms with van der Waals surface area (Å²) in [6.07, 6.45) is 0.700. The van der Waals surface area contributed by atoms with E-state index < -0.39 is 5.60 Å². The average molecular weight is 288 g/mol. The third-order valence-electron chi connectivity index (χ3n) is 2.22. The van der Waals surface area contributed by atoms with E-state index >= 15 is 0 Å². The maximum Gasteiger partial charge on any atom is 0.135 e. The zero-order valence-corrected chi connectivity index (χ0v) is 11.5. The summed E-state index contributed by atoms with van der Waals surface area (Å²) in [6, 6.07) is 5.83. The first-order valence-corrected chi connectivity index (χ1v) is 6.01. The Labute approximate surface area is 105 Å². The maximum absolute atomic E-state index is 9.57. The maximum atomic E-state index is 9.57. The standard InChI is InChI=1S/C12H18BrNO2/c1-12(2,15)6-7-14-9-4-5-10(13)11(8-9)16-3/h4-5,8,14-15H,6-7H2,1-3H3. The van der Waals surface area contributed by atoms with Gasteiger partial charge in [-0.25, -0.2) is 0 Å². The highest BCUT2D eigenvalue weighted by Gasteiger charge is 2.11. The molecule has 0 aromatic heterocycles. The SMILES string of the molecule is COc1cc(NCCC(C)(C)O)ccc1Br. The molecular formula is C12H18BrNO2. The molecule has 0 amide bonds. The second-order valence-electron chi connectivity index (χ2n) is 4.34. The zero-order chi connectivity index (χ0) is 12.2. The Morgan fingerprint density at radius 2 is 2.12 bits per heavy atom. The van der Waals surface area contributed by atoms with Crippen molar-refractivity contribution in [3.63, 3.8) is 0 Å². The van der Waals surface area contributed by atoms with Crippen molar-refractivity contribution in [1.82, 2.24) is 0 Å². The van der Waals surface area contributed by atoms with Crippen molar-refractivity contribution in [2.45, 2.75) is 25.9 Å². The van der Waals surface area contributed by atoms with E-state index in [-0.39, 0.29) is 0 Å². The van der Waals surface area contributed by atoms with Gasteiger partial charge in [0.15, 0.2) is 0 Å². The van der Waals surface area contributed by atoms with Crippen molar-refractivity contribution in [3.8, 4) is 5.75 Å². The second-order valence-corrected chi connectivity index (χ2v) is 5.19. The minimum absolute atomic E-state index is 0.632. The molecule has 16 heavy (non-hydrogen) atoms. The number of anilines is 1. The summed E-state index contributed by atoms with van der Waals surface area (Å²) in [5.41, 5.74) is 0.358. The molecular weight excluding hydrogens is 270 g/mol. The molecule has 3 nitrogen and oxygen atoms in total. The fourth-order valence-corrected chi connectivity index (χ4v) is 1.69. The summed E-state index contributed by atoms with van der Waals surface area (Å²) < 4.78 is 6.13. The number of ether oxygens (including phenoxy) is 1. The Morgan fingerprint density at radius 3 is 2.69 bits per heavy atom. The largest absolute Gasteiger partial charge is 0.495 e. The van der Waals surface area contributed by atoms with Gasteiger partial charge in [0.05, 0.1) is 17.2 Å². The highest BCUT2D eigenvalue weighted by atomic mass is 79.9. The first-order valence-electron chi connectivity index (χ1n) is 5.22. The number of aliphatic hydroxyl groups is 1. The lowest BCUT2D eigenvalue weighted by Gasteiger charge is -2.17. The molecule has 1 aromatic carbocycles. The first kappa shape index (κ1) is 13.3. The van der Waals surface area contributed by atoms with Crippen molar-refractivity contribution in [2.75, 3.05) is 19.0 Å². The van der Waals surface area contributed by atoms with Gasteiger partial charge in [-0.1, -0.05) is 0 Å². The van der Waals surface area contributed by atoms with Crippen LogP contribution in [-0.2, 0) is 0 Å². The van der Waals surface area contributed by atoms with E-state index in [0.29, 0.717) is 6.42 Å². The van der Waals surface area contributed by atoms with E-state index in [2.05, 4.69) is 21.2 Å². The summed E-state index contributed by atoms with van der Waals surface area (Å²) in [6.45, 7) is 4.34. The molecule has 0 radical (unpaired) electrons. The van der Waals surface area contributed by atoms with Crippen LogP contribution in [0.4, 0.5) is 5.69 Å². The van der Waals surface area contributed by atoms with Crippen LogP contribution < -0.4 is 10.1 Å². The summed E-state index contributed by atoms with van der Waals surface area (Å²) >= 11 is 3.40. The Morgan fingerprint density at radius 1 is 1.44 bits per heavy atom. The predicted molar refractivity (Wildman–Crippen MR) is 70.1 cm³/mol. The van der Waals surface area contributed by atoms with Gasteiger partial charge < -0.3 is 15.2 Å². The van der Waals surface area contributed by atoms with E-state index in [4.69, 9.17) is 4.74 Å². The highest BCUT2D eigenvalue weighted by Crippen LogP contribution is 2.27. The van der Waals surface area contributed by atoms with Gasteiger partial charge in [0.2, 0.25) is 0 Å². The quantitative estimate of drug-likeness (QED) is 0.875. The van der Waals surface area contributed by atoms with Crippen LogP contribution in [0.1, 0.15) is 20.3 Å². The molecule has 0 bridgehead atoms. The van der Waals surface area contributed by atoms with Crippen LogP contribution in [0.3, 0.4) is 0 Å². The van der Waals surface area contributed by atoms with Crippen LogP contribution in [0.15, 0.2) is 22.7 Å². The summed E-state index contributed by atoms with van der Waals surface area (Å²) in [5.74, 6) is 0.799. The average Bonchev–Trinajstić information content (AvgIpc) is 2.18. The minimum atomic E-state index is -0.632.